The van der Waals surface area contributed by atoms with E-state index in [4.69, 9.17) is 0 Å². The highest BCUT2D eigenvalue weighted by Crippen LogP contribution is 2.45. The molecule has 0 fully saturated rings. The van der Waals surface area contributed by atoms with Crippen molar-refractivity contribution in [3.05, 3.63) is 200 Å². The smallest absolute Gasteiger partial charge is 0.0619 e. The fourth-order valence-electron chi connectivity index (χ4n) is 8.13. The molecule has 0 saturated heterocycles. The zero-order valence-electron chi connectivity index (χ0n) is 28.0. The molecule has 0 amide bonds. The minimum Gasteiger partial charge on any atom is -0.309 e. The lowest BCUT2D eigenvalue weighted by Gasteiger charge is -2.19. The van der Waals surface area contributed by atoms with Crippen molar-refractivity contribution in [1.29, 1.82) is 0 Å². The van der Waals surface area contributed by atoms with Crippen LogP contribution < -0.4 is 0 Å². The van der Waals surface area contributed by atoms with Crippen molar-refractivity contribution in [1.82, 2.24) is 4.57 Å². The molecule has 0 unspecified atom stereocenters. The second-order valence-electron chi connectivity index (χ2n) is 13.3. The molecule has 0 aliphatic carbocycles. The van der Waals surface area contributed by atoms with Gasteiger partial charge in [-0.25, -0.2) is 0 Å². The average molecular weight is 648 g/mol. The molecular formula is C50H33N. The predicted octanol–water partition coefficient (Wildman–Crippen LogP) is 13.8. The van der Waals surface area contributed by atoms with E-state index in [2.05, 4.69) is 205 Å². The van der Waals surface area contributed by atoms with E-state index in [0.29, 0.717) is 0 Å². The molecule has 1 heterocycles. The molecule has 51 heavy (non-hydrogen) atoms. The third kappa shape index (κ3) is 4.78. The lowest BCUT2D eigenvalue weighted by Crippen LogP contribution is -1.96. The van der Waals surface area contributed by atoms with E-state index >= 15 is 0 Å². The Balaban J connectivity index is 1.22. The summed E-state index contributed by atoms with van der Waals surface area (Å²) in [5.74, 6) is 0. The van der Waals surface area contributed by atoms with Gasteiger partial charge in [0.25, 0.3) is 0 Å². The van der Waals surface area contributed by atoms with Gasteiger partial charge in [-0.3, -0.25) is 0 Å². The molecule has 0 aliphatic rings. The van der Waals surface area contributed by atoms with Gasteiger partial charge in [-0.05, 0) is 84.8 Å². The highest BCUT2D eigenvalue weighted by molar-refractivity contribution is 6.22. The topological polar surface area (TPSA) is 4.93 Å². The number of hydrogen-bond donors (Lipinski definition) is 0. The molecule has 10 aromatic rings. The Hall–Kier alpha value is -6.70. The minimum atomic E-state index is 1.15. The van der Waals surface area contributed by atoms with Gasteiger partial charge in [-0.15, -0.1) is 0 Å². The average Bonchev–Trinajstić information content (AvgIpc) is 3.55. The van der Waals surface area contributed by atoms with Crippen molar-refractivity contribution in [3.63, 3.8) is 0 Å². The van der Waals surface area contributed by atoms with Gasteiger partial charge >= 0.3 is 0 Å². The highest BCUT2D eigenvalue weighted by Gasteiger charge is 2.19. The standard InChI is InChI=1S/C50H33N/c1-4-15-34(16-5-1)38-29-32-44-46(33-38)49(36-19-8-3-9-20-36)43-23-11-10-22-42(43)48(44)37-27-30-39(31-28-37)51-47-26-13-12-21-41(47)45-25-14-24-40(50(45)51)35-17-6-2-7-18-35/h1-33H. The van der Waals surface area contributed by atoms with E-state index < -0.39 is 0 Å². The van der Waals surface area contributed by atoms with Gasteiger partial charge in [-0.1, -0.05) is 176 Å². The van der Waals surface area contributed by atoms with Crippen LogP contribution in [0.25, 0.3) is 93.5 Å². The number of hydrogen-bond acceptors (Lipinski definition) is 0. The Bertz CT molecular complexity index is 2860. The molecular weight excluding hydrogens is 615 g/mol. The van der Waals surface area contributed by atoms with Crippen molar-refractivity contribution in [2.45, 2.75) is 0 Å². The number of nitrogens with zero attached hydrogens (tertiary/aromatic N) is 1. The Morgan fingerprint density at radius 2 is 0.765 bits per heavy atom. The summed E-state index contributed by atoms with van der Waals surface area (Å²) in [5, 5.41) is 7.55. The molecule has 0 saturated carbocycles. The Kier molecular flexibility index (Phi) is 6.89. The van der Waals surface area contributed by atoms with Crippen molar-refractivity contribution in [3.8, 4) is 50.2 Å². The molecule has 0 radical (unpaired) electrons. The first-order valence-corrected chi connectivity index (χ1v) is 17.6. The molecule has 0 atom stereocenters. The maximum Gasteiger partial charge on any atom is 0.0619 e. The van der Waals surface area contributed by atoms with E-state index in [9.17, 15) is 0 Å². The van der Waals surface area contributed by atoms with E-state index in [1.54, 1.807) is 0 Å². The molecule has 0 N–H and O–H groups in total. The van der Waals surface area contributed by atoms with E-state index in [-0.39, 0.29) is 0 Å². The summed E-state index contributed by atoms with van der Waals surface area (Å²) in [6.45, 7) is 0. The van der Waals surface area contributed by atoms with Gasteiger partial charge in [0.1, 0.15) is 0 Å². The molecule has 0 spiro atoms. The fourth-order valence-corrected chi connectivity index (χ4v) is 8.13. The minimum absolute atomic E-state index is 1.15. The number of fused-ring (bicyclic) bond motifs is 5. The summed E-state index contributed by atoms with van der Waals surface area (Å²) in [7, 11) is 0. The van der Waals surface area contributed by atoms with Gasteiger partial charge in [0.2, 0.25) is 0 Å². The maximum atomic E-state index is 2.44. The third-order valence-corrected chi connectivity index (χ3v) is 10.4. The molecule has 10 rings (SSSR count). The van der Waals surface area contributed by atoms with E-state index in [1.807, 2.05) is 0 Å². The van der Waals surface area contributed by atoms with Gasteiger partial charge in [0.15, 0.2) is 0 Å². The summed E-state index contributed by atoms with van der Waals surface area (Å²) in [5.41, 5.74) is 13.4. The number of aromatic nitrogens is 1. The fraction of sp³-hybridized carbons (Fsp3) is 0. The molecule has 1 heteroatoms. The maximum absolute atomic E-state index is 2.44. The van der Waals surface area contributed by atoms with Crippen LogP contribution in [0.3, 0.4) is 0 Å². The molecule has 9 aromatic carbocycles. The quantitative estimate of drug-likeness (QED) is 0.164. The number of benzene rings is 9. The summed E-state index contributed by atoms with van der Waals surface area (Å²) in [4.78, 5) is 0. The summed E-state index contributed by atoms with van der Waals surface area (Å²) < 4.78 is 2.44. The first-order valence-electron chi connectivity index (χ1n) is 17.6. The molecule has 1 aromatic heterocycles. The van der Waals surface area contributed by atoms with Gasteiger partial charge in [-0.2, -0.15) is 0 Å². The van der Waals surface area contributed by atoms with Crippen LogP contribution in [0.5, 0.6) is 0 Å². The van der Waals surface area contributed by atoms with E-state index in [1.165, 1.54) is 87.9 Å². The second kappa shape index (κ2) is 12.0. The normalized spacial score (nSPS) is 11.5. The zero-order valence-corrected chi connectivity index (χ0v) is 28.0. The molecule has 0 bridgehead atoms. The summed E-state index contributed by atoms with van der Waals surface area (Å²) in [6, 6.07) is 72.9. The van der Waals surface area contributed by atoms with Crippen molar-refractivity contribution in [2.24, 2.45) is 0 Å². The van der Waals surface area contributed by atoms with Crippen LogP contribution in [-0.2, 0) is 0 Å². The van der Waals surface area contributed by atoms with Gasteiger partial charge in [0, 0.05) is 22.0 Å². The lowest BCUT2D eigenvalue weighted by atomic mass is 9.85. The first-order chi connectivity index (χ1) is 25.3. The van der Waals surface area contributed by atoms with Crippen molar-refractivity contribution in [2.75, 3.05) is 0 Å². The summed E-state index contributed by atoms with van der Waals surface area (Å²) >= 11 is 0. The van der Waals surface area contributed by atoms with Crippen LogP contribution >= 0.6 is 0 Å². The van der Waals surface area contributed by atoms with Crippen LogP contribution in [0.4, 0.5) is 0 Å². The van der Waals surface area contributed by atoms with Gasteiger partial charge < -0.3 is 4.57 Å². The SMILES string of the molecule is c1ccc(-c2ccc3c(-c4ccc(-n5c6ccccc6c6cccc(-c7ccccc7)c65)cc4)c4ccccc4c(-c4ccccc4)c3c2)cc1. The molecule has 238 valence electrons. The lowest BCUT2D eigenvalue weighted by molar-refractivity contribution is 1.18. The van der Waals surface area contributed by atoms with Gasteiger partial charge in [0.05, 0.1) is 11.0 Å². The summed E-state index contributed by atoms with van der Waals surface area (Å²) in [6.07, 6.45) is 0. The first kappa shape index (κ1) is 29.2. The van der Waals surface area contributed by atoms with Crippen LogP contribution in [-0.4, -0.2) is 4.57 Å². The third-order valence-electron chi connectivity index (χ3n) is 10.4. The Morgan fingerprint density at radius 3 is 1.45 bits per heavy atom. The van der Waals surface area contributed by atoms with Crippen LogP contribution in [0, 0.1) is 0 Å². The monoisotopic (exact) mass is 647 g/mol. The second-order valence-corrected chi connectivity index (χ2v) is 13.3. The van der Waals surface area contributed by atoms with E-state index in [0.717, 1.165) is 5.69 Å². The predicted molar refractivity (Wildman–Crippen MR) is 218 cm³/mol. The van der Waals surface area contributed by atoms with Crippen LogP contribution in [0.15, 0.2) is 200 Å². The van der Waals surface area contributed by atoms with Crippen molar-refractivity contribution < 1.29 is 0 Å². The molecule has 1 nitrogen and oxygen atoms in total. The highest BCUT2D eigenvalue weighted by atomic mass is 15.0. The zero-order chi connectivity index (χ0) is 33.7. The van der Waals surface area contributed by atoms with Crippen LogP contribution in [0.2, 0.25) is 0 Å². The van der Waals surface area contributed by atoms with Crippen LogP contribution in [0.1, 0.15) is 0 Å². The number of rotatable bonds is 5. The number of para-hydroxylation sites is 2. The Morgan fingerprint density at radius 1 is 0.275 bits per heavy atom. The largest absolute Gasteiger partial charge is 0.309 e. The Labute approximate surface area is 297 Å². The molecule has 0 aliphatic heterocycles. The van der Waals surface area contributed by atoms with Crippen molar-refractivity contribution >= 4 is 43.4 Å².